The first kappa shape index (κ1) is 32.5. The lowest BCUT2D eigenvalue weighted by atomic mass is 9.90. The molecule has 2 aliphatic rings. The van der Waals surface area contributed by atoms with E-state index >= 15 is 0 Å². The Labute approximate surface area is 282 Å². The van der Waals surface area contributed by atoms with Crippen LogP contribution in [0.4, 0.5) is 5.13 Å². The van der Waals surface area contributed by atoms with Gasteiger partial charge in [0.05, 0.1) is 22.4 Å². The van der Waals surface area contributed by atoms with Crippen molar-refractivity contribution in [1.29, 1.82) is 0 Å². The highest BCUT2D eigenvalue weighted by Gasteiger charge is 2.52. The second kappa shape index (κ2) is 13.0. The van der Waals surface area contributed by atoms with Gasteiger partial charge >= 0.3 is 11.6 Å². The monoisotopic (exact) mass is 708 g/mol. The van der Waals surface area contributed by atoms with Crippen molar-refractivity contribution >= 4 is 79.8 Å². The molecule has 3 unspecified atom stereocenters. The maximum atomic E-state index is 13.1. The lowest BCUT2D eigenvalue weighted by Gasteiger charge is -2.50. The largest absolute Gasteiger partial charge is 0.543 e. The molecule has 3 aromatic heterocycles. The van der Waals surface area contributed by atoms with Gasteiger partial charge in [0.25, 0.3) is 11.8 Å². The van der Waals surface area contributed by atoms with Crippen LogP contribution in [-0.2, 0) is 36.2 Å². The molecule has 18 heteroatoms. The van der Waals surface area contributed by atoms with E-state index in [1.54, 1.807) is 23.5 Å². The fourth-order valence-electron chi connectivity index (χ4n) is 5.32. The number of β-lactam (4-membered cyclic amide) rings is 1. The van der Waals surface area contributed by atoms with Gasteiger partial charge in [-0.1, -0.05) is 5.16 Å². The predicted octanol–water partition coefficient (Wildman–Crippen LogP) is 0.630. The minimum Gasteiger partial charge on any atom is -0.543 e. The summed E-state index contributed by atoms with van der Waals surface area (Å²) in [6.45, 7) is 0.461. The van der Waals surface area contributed by atoms with Gasteiger partial charge in [-0.3, -0.25) is 9.59 Å². The Kier molecular flexibility index (Phi) is 8.78. The van der Waals surface area contributed by atoms with Crippen molar-refractivity contribution in [3.63, 3.8) is 0 Å². The number of benzene rings is 1. The summed E-state index contributed by atoms with van der Waals surface area (Å²) in [5.41, 5.74) is 3.52. The summed E-state index contributed by atoms with van der Waals surface area (Å²) >= 11 is 3.72. The number of anilines is 1. The number of pyridine rings is 1. The Morgan fingerprint density at radius 2 is 2.04 bits per heavy atom. The van der Waals surface area contributed by atoms with Crippen molar-refractivity contribution in [3.05, 3.63) is 87.4 Å². The second-order valence-electron chi connectivity index (χ2n) is 10.4. The van der Waals surface area contributed by atoms with Gasteiger partial charge in [0, 0.05) is 33.7 Å². The molecule has 6 N–H and O–H groups in total. The number of aromatic hydroxyl groups is 2. The zero-order valence-corrected chi connectivity index (χ0v) is 26.8. The number of thiophene rings is 1. The number of hydrogen-bond donors (Lipinski definition) is 5. The molecular formula is C30H24N6O9S3. The van der Waals surface area contributed by atoms with Crippen LogP contribution in [0.1, 0.15) is 11.3 Å². The van der Waals surface area contributed by atoms with Crippen molar-refractivity contribution in [1.82, 2.24) is 15.2 Å². The Hall–Kier alpha value is -5.46. The number of rotatable bonds is 11. The fourth-order valence-corrected chi connectivity index (χ4v) is 7.93. The zero-order chi connectivity index (χ0) is 34.2. The minimum absolute atomic E-state index is 0.000772. The van der Waals surface area contributed by atoms with Crippen molar-refractivity contribution in [3.8, 4) is 11.5 Å². The highest BCUT2D eigenvalue weighted by atomic mass is 32.2. The number of hydrogen-bond acceptors (Lipinski definition) is 14. The number of nitrogens with one attached hydrogen (secondary N) is 1. The minimum atomic E-state index is -2.49. The lowest BCUT2D eigenvalue weighted by molar-refractivity contribution is -0.660. The summed E-state index contributed by atoms with van der Waals surface area (Å²) in [4.78, 5) is 61.4. The molecule has 1 aromatic carbocycles. The van der Waals surface area contributed by atoms with Crippen LogP contribution < -0.4 is 20.7 Å². The molecule has 15 nitrogen and oxygen atoms in total. The zero-order valence-electron chi connectivity index (χ0n) is 24.4. The smallest absolute Gasteiger partial charge is 0.362 e. The molecule has 0 aliphatic carbocycles. The number of phenolic OH excluding ortho intramolecular Hbond substituents is 2. The number of thiazole rings is 1. The normalized spacial score (nSPS) is 18.9. The molecule has 48 heavy (non-hydrogen) atoms. The number of carbonyl (C=O) groups is 4. The maximum absolute atomic E-state index is 13.1. The summed E-state index contributed by atoms with van der Waals surface area (Å²) in [7, 11) is 0. The third kappa shape index (κ3) is 5.80. The van der Waals surface area contributed by atoms with Crippen LogP contribution in [0.2, 0.25) is 0 Å². The van der Waals surface area contributed by atoms with E-state index in [-0.39, 0.29) is 27.8 Å². The van der Waals surface area contributed by atoms with Crippen LogP contribution in [-0.4, -0.2) is 73.0 Å². The molecule has 1 saturated heterocycles. The van der Waals surface area contributed by atoms with Gasteiger partial charge in [0.15, 0.2) is 29.4 Å². The number of nitrogens with two attached hydrogens (primary N) is 1. The molecule has 0 bridgehead atoms. The van der Waals surface area contributed by atoms with Crippen LogP contribution in [0.5, 0.6) is 11.5 Å². The van der Waals surface area contributed by atoms with Crippen molar-refractivity contribution < 1.29 is 49.0 Å². The van der Waals surface area contributed by atoms with Gasteiger partial charge in [-0.25, -0.2) is 9.78 Å². The fraction of sp³-hybridized carbons (Fsp3) is 0.167. The highest BCUT2D eigenvalue weighted by Crippen LogP contribution is 2.40. The molecule has 5 heterocycles. The molecular weight excluding hydrogens is 685 g/mol. The van der Waals surface area contributed by atoms with Gasteiger partial charge in [0.1, 0.15) is 18.0 Å². The number of allylic oxidation sites excluding steroid dienone is 2. The lowest BCUT2D eigenvalue weighted by Crippen LogP contribution is -2.73. The molecule has 0 radical (unpaired) electrons. The number of nitrogens with zero attached hydrogens (tertiary/aromatic N) is 4. The molecule has 2 aliphatic heterocycles. The Morgan fingerprint density at radius 3 is 2.75 bits per heavy atom. The summed E-state index contributed by atoms with van der Waals surface area (Å²) in [5, 5.41) is 51.4. The van der Waals surface area contributed by atoms with E-state index in [0.717, 1.165) is 44.7 Å². The van der Waals surface area contributed by atoms with Gasteiger partial charge in [-0.15, -0.1) is 34.4 Å². The third-order valence-corrected chi connectivity index (χ3v) is 10.3. The first-order chi connectivity index (χ1) is 23.0. The number of nitrogen functional groups attached to an aromatic ring is 1. The maximum Gasteiger partial charge on any atom is 0.362 e. The number of oxime groups is 1. The summed E-state index contributed by atoms with van der Waals surface area (Å²) in [6.07, 6.45) is 5.94. The summed E-state index contributed by atoms with van der Waals surface area (Å²) < 4.78 is 3.11. The summed E-state index contributed by atoms with van der Waals surface area (Å²) in [6, 6.07) is 7.25. The van der Waals surface area contributed by atoms with E-state index in [1.807, 2.05) is 34.3 Å². The molecule has 0 saturated carbocycles. The first-order valence-electron chi connectivity index (χ1n) is 13.9. The number of carbonyl (C=O) groups excluding carboxylic acids is 3. The predicted molar refractivity (Wildman–Crippen MR) is 173 cm³/mol. The van der Waals surface area contributed by atoms with Crippen LogP contribution in [0.15, 0.2) is 81.3 Å². The number of amides is 2. The molecule has 2 amide bonds. The van der Waals surface area contributed by atoms with Gasteiger partial charge in [-0.2, -0.15) is 4.57 Å². The Balaban J connectivity index is 1.16. The number of thioether (sulfide) groups is 1. The van der Waals surface area contributed by atoms with E-state index < -0.39 is 52.9 Å². The van der Waals surface area contributed by atoms with Crippen molar-refractivity contribution in [2.45, 2.75) is 24.2 Å². The molecule has 0 spiro atoms. The first-order valence-corrected chi connectivity index (χ1v) is 16.7. The Bertz CT molecular complexity index is 2060. The average Bonchev–Trinajstić information content (AvgIpc) is 3.72. The van der Waals surface area contributed by atoms with Crippen LogP contribution in [0, 0.1) is 0 Å². The number of aliphatic carboxylic acids is 2. The summed E-state index contributed by atoms with van der Waals surface area (Å²) in [5.74, 6) is -5.69. The third-order valence-electron chi connectivity index (χ3n) is 7.59. The Morgan fingerprint density at radius 1 is 1.23 bits per heavy atom. The molecule has 6 rings (SSSR count). The number of fused-ring (bicyclic) bond motifs is 2. The average molecular weight is 709 g/mol. The SMILES string of the molecule is Nc1nc(C(ON=CC(=O)NC2C(=O)N3C(C(=O)[O-])=C(C=CC[n+]4cccc5sccc54)SCC23)(C(=O)O)c2ccc(O)c(O)c2)cs1. The number of aromatic nitrogens is 2. The number of carboxylic acids is 2. The van der Waals surface area contributed by atoms with E-state index in [1.165, 1.54) is 17.1 Å². The standard InChI is InChI=1S/C30H24N6O9S3/c31-29-33-22(14-48-29)30(28(43)44,15-5-6-18(37)19(38)11-15)45-32-12-23(39)34-24-17-13-47-21(25(27(41)42)36(17)26(24)40)4-2-9-35-8-1-3-20-16(35)7-10-46-20/h1-8,10-12,14,17,24H,9,13H2,(H6-,31,32,33,34,37,38,39,41,42,43,44). The quantitative estimate of drug-likeness (QED) is 0.0475. The van der Waals surface area contributed by atoms with E-state index in [2.05, 4.69) is 15.5 Å². The molecule has 246 valence electrons. The van der Waals surface area contributed by atoms with Gasteiger partial charge in [-0.05, 0) is 41.8 Å². The second-order valence-corrected chi connectivity index (χ2v) is 13.3. The van der Waals surface area contributed by atoms with Crippen molar-refractivity contribution in [2.75, 3.05) is 11.5 Å². The highest BCUT2D eigenvalue weighted by molar-refractivity contribution is 8.03. The number of phenols is 2. The molecule has 4 aromatic rings. The van der Waals surface area contributed by atoms with E-state index in [4.69, 9.17) is 10.6 Å². The van der Waals surface area contributed by atoms with E-state index in [0.29, 0.717) is 17.7 Å². The topological polar surface area (TPSA) is 232 Å². The number of carboxylic acid groups (broad SMARTS) is 2. The van der Waals surface area contributed by atoms with Crippen molar-refractivity contribution in [2.24, 2.45) is 5.16 Å². The van der Waals surface area contributed by atoms with Crippen LogP contribution in [0.3, 0.4) is 0 Å². The van der Waals surface area contributed by atoms with Gasteiger partial charge < -0.3 is 46.0 Å². The van der Waals surface area contributed by atoms with Crippen LogP contribution in [0.25, 0.3) is 10.2 Å². The van der Waals surface area contributed by atoms with Gasteiger partial charge in [0.2, 0.25) is 5.52 Å². The van der Waals surface area contributed by atoms with E-state index in [9.17, 15) is 39.6 Å². The molecule has 3 atom stereocenters. The van der Waals surface area contributed by atoms with Crippen LogP contribution >= 0.6 is 34.4 Å². The molecule has 1 fully saturated rings.